The third kappa shape index (κ3) is 3.03. The molecule has 1 rings (SSSR count). The number of ether oxygens (including phenoxy) is 1. The van der Waals surface area contributed by atoms with Gasteiger partial charge in [0.15, 0.2) is 0 Å². The Bertz CT molecular complexity index is 382. The molecule has 1 aliphatic heterocycles. The molecule has 1 aliphatic rings. The first-order valence-corrected chi connectivity index (χ1v) is 6.20. The van der Waals surface area contributed by atoms with Crippen molar-refractivity contribution in [2.75, 3.05) is 0 Å². The number of amides is 2. The molecule has 2 amide bonds. The van der Waals surface area contributed by atoms with Crippen LogP contribution >= 0.6 is 0 Å². The van der Waals surface area contributed by atoms with Crippen LogP contribution in [0.25, 0.3) is 0 Å². The Morgan fingerprint density at radius 2 is 2.11 bits per heavy atom. The lowest BCUT2D eigenvalue weighted by molar-refractivity contribution is -0.126. The minimum atomic E-state index is -0.630. The second-order valence-electron chi connectivity index (χ2n) is 5.66. The van der Waals surface area contributed by atoms with Gasteiger partial charge in [-0.2, -0.15) is 0 Å². The Morgan fingerprint density at radius 1 is 1.56 bits per heavy atom. The molecule has 2 N–H and O–H groups in total. The number of carbonyl (C=O) groups is 2. The van der Waals surface area contributed by atoms with Gasteiger partial charge in [-0.1, -0.05) is 20.3 Å². The van der Waals surface area contributed by atoms with Gasteiger partial charge in [0.05, 0.1) is 6.04 Å². The van der Waals surface area contributed by atoms with E-state index in [0.29, 0.717) is 5.70 Å². The lowest BCUT2D eigenvalue weighted by atomic mass is 9.97. The van der Waals surface area contributed by atoms with Crippen LogP contribution < -0.4 is 5.73 Å². The number of rotatable bonds is 2. The minimum Gasteiger partial charge on any atom is -0.443 e. The fourth-order valence-electron chi connectivity index (χ4n) is 1.90. The van der Waals surface area contributed by atoms with Gasteiger partial charge in [-0.05, 0) is 26.7 Å². The average molecular weight is 254 g/mol. The predicted octanol–water partition coefficient (Wildman–Crippen LogP) is 2.02. The summed E-state index contributed by atoms with van der Waals surface area (Å²) in [7, 11) is 0. The molecule has 102 valence electrons. The monoisotopic (exact) mass is 254 g/mol. The van der Waals surface area contributed by atoms with Crippen molar-refractivity contribution in [3.63, 3.8) is 0 Å². The van der Waals surface area contributed by atoms with E-state index >= 15 is 0 Å². The molecule has 0 fully saturated rings. The Kier molecular flexibility index (Phi) is 4.04. The molecule has 0 saturated carbocycles. The molecule has 1 heterocycles. The summed E-state index contributed by atoms with van der Waals surface area (Å²) >= 11 is 0. The molecule has 0 saturated heterocycles. The number of imide groups is 1. The molecule has 1 unspecified atom stereocenters. The summed E-state index contributed by atoms with van der Waals surface area (Å²) in [5.74, 6) is -0.285. The van der Waals surface area contributed by atoms with E-state index in [4.69, 9.17) is 10.5 Å². The van der Waals surface area contributed by atoms with Gasteiger partial charge in [0.2, 0.25) is 0 Å². The molecule has 0 aromatic heterocycles. The molecule has 2 atom stereocenters. The fraction of sp³-hybridized carbons (Fsp3) is 0.692. The summed E-state index contributed by atoms with van der Waals surface area (Å²) in [6.07, 6.45) is 1.50. The first-order chi connectivity index (χ1) is 8.17. The topological polar surface area (TPSA) is 72.6 Å². The quantitative estimate of drug-likeness (QED) is 0.818. The summed E-state index contributed by atoms with van der Waals surface area (Å²) in [5, 5.41) is 0. The third-order valence-corrected chi connectivity index (χ3v) is 2.92. The van der Waals surface area contributed by atoms with Crippen LogP contribution in [-0.4, -0.2) is 28.5 Å². The molecular formula is C13H22N2O3. The van der Waals surface area contributed by atoms with Crippen molar-refractivity contribution in [2.24, 2.45) is 11.7 Å². The van der Waals surface area contributed by atoms with Crippen LogP contribution in [0, 0.1) is 5.92 Å². The highest BCUT2D eigenvalue weighted by Crippen LogP contribution is 2.26. The molecule has 5 nitrogen and oxygen atoms in total. The van der Waals surface area contributed by atoms with E-state index in [1.165, 1.54) is 6.08 Å². The molecular weight excluding hydrogens is 232 g/mol. The van der Waals surface area contributed by atoms with E-state index in [1.54, 1.807) is 20.8 Å². The first-order valence-electron chi connectivity index (χ1n) is 6.20. The molecule has 18 heavy (non-hydrogen) atoms. The highest BCUT2D eigenvalue weighted by atomic mass is 16.6. The van der Waals surface area contributed by atoms with Crippen molar-refractivity contribution >= 4 is 12.0 Å². The lowest BCUT2D eigenvalue weighted by Crippen LogP contribution is -2.47. The fourth-order valence-corrected chi connectivity index (χ4v) is 1.90. The van der Waals surface area contributed by atoms with E-state index in [2.05, 4.69) is 0 Å². The van der Waals surface area contributed by atoms with Crippen molar-refractivity contribution < 1.29 is 14.3 Å². The highest BCUT2D eigenvalue weighted by molar-refractivity contribution is 6.02. The van der Waals surface area contributed by atoms with E-state index in [0.717, 1.165) is 11.3 Å². The van der Waals surface area contributed by atoms with Gasteiger partial charge in [-0.25, -0.2) is 9.69 Å². The van der Waals surface area contributed by atoms with Crippen LogP contribution in [0.4, 0.5) is 4.79 Å². The van der Waals surface area contributed by atoms with Crippen LogP contribution in [0.2, 0.25) is 0 Å². The molecule has 0 aliphatic carbocycles. The van der Waals surface area contributed by atoms with Gasteiger partial charge < -0.3 is 10.5 Å². The maximum absolute atomic E-state index is 12.0. The number of nitrogens with zero attached hydrogens (tertiary/aromatic N) is 1. The number of nitrogens with two attached hydrogens (primary N) is 1. The normalized spacial score (nSPS) is 21.8. The van der Waals surface area contributed by atoms with Gasteiger partial charge in [0, 0.05) is 11.8 Å². The second-order valence-corrected chi connectivity index (χ2v) is 5.66. The van der Waals surface area contributed by atoms with Gasteiger partial charge in [0.25, 0.3) is 5.91 Å². The molecule has 0 spiro atoms. The molecule has 0 aromatic rings. The van der Waals surface area contributed by atoms with Crippen LogP contribution in [0.1, 0.15) is 41.0 Å². The SMILES string of the molecule is CCC(C)[C@H]1C(N)=CC(=O)N1C(=O)OC(C)(C)C. The molecule has 0 bridgehead atoms. The van der Waals surface area contributed by atoms with Gasteiger partial charge >= 0.3 is 6.09 Å². The number of hydrogen-bond donors (Lipinski definition) is 1. The van der Waals surface area contributed by atoms with Crippen molar-refractivity contribution in [2.45, 2.75) is 52.7 Å². The van der Waals surface area contributed by atoms with Crippen molar-refractivity contribution in [1.82, 2.24) is 4.90 Å². The van der Waals surface area contributed by atoms with Crippen LogP contribution in [0.15, 0.2) is 11.8 Å². The number of carbonyl (C=O) groups excluding carboxylic acids is 2. The van der Waals surface area contributed by atoms with Gasteiger partial charge in [-0.15, -0.1) is 0 Å². The standard InChI is InChI=1S/C13H22N2O3/c1-6-8(2)11-9(14)7-10(16)15(11)12(17)18-13(3,4)5/h7-8,11H,6,14H2,1-5H3/t8?,11-/m0/s1. The van der Waals surface area contributed by atoms with Crippen molar-refractivity contribution in [1.29, 1.82) is 0 Å². The number of hydrogen-bond acceptors (Lipinski definition) is 4. The van der Waals surface area contributed by atoms with E-state index in [-0.39, 0.29) is 5.92 Å². The molecule has 0 aromatic carbocycles. The Morgan fingerprint density at radius 3 is 2.56 bits per heavy atom. The van der Waals surface area contributed by atoms with Crippen LogP contribution in [-0.2, 0) is 9.53 Å². The molecule has 0 radical (unpaired) electrons. The van der Waals surface area contributed by atoms with Gasteiger partial charge in [0.1, 0.15) is 5.60 Å². The smallest absolute Gasteiger partial charge is 0.417 e. The summed E-state index contributed by atoms with van der Waals surface area (Å²) in [4.78, 5) is 25.0. The molecule has 5 heteroatoms. The van der Waals surface area contributed by atoms with Crippen LogP contribution in [0.5, 0.6) is 0 Å². The maximum Gasteiger partial charge on any atom is 0.417 e. The Hall–Kier alpha value is -1.52. The Balaban J connectivity index is 2.92. The third-order valence-electron chi connectivity index (χ3n) is 2.92. The van der Waals surface area contributed by atoms with Crippen molar-refractivity contribution in [3.8, 4) is 0 Å². The lowest BCUT2D eigenvalue weighted by Gasteiger charge is -2.30. The summed E-state index contributed by atoms with van der Waals surface area (Å²) < 4.78 is 5.24. The van der Waals surface area contributed by atoms with Crippen LogP contribution in [0.3, 0.4) is 0 Å². The van der Waals surface area contributed by atoms with E-state index in [9.17, 15) is 9.59 Å². The zero-order chi connectivity index (χ0) is 14.1. The maximum atomic E-state index is 12.0. The zero-order valence-electron chi connectivity index (χ0n) is 11.7. The van der Waals surface area contributed by atoms with Gasteiger partial charge in [-0.3, -0.25) is 4.79 Å². The average Bonchev–Trinajstić information content (AvgIpc) is 2.49. The highest BCUT2D eigenvalue weighted by Gasteiger charge is 2.40. The second kappa shape index (κ2) is 5.00. The van der Waals surface area contributed by atoms with E-state index < -0.39 is 23.6 Å². The summed E-state index contributed by atoms with van der Waals surface area (Å²) in [5.41, 5.74) is 5.63. The predicted molar refractivity (Wildman–Crippen MR) is 68.6 cm³/mol. The first kappa shape index (κ1) is 14.5. The summed E-state index contributed by atoms with van der Waals surface area (Å²) in [6.45, 7) is 9.25. The van der Waals surface area contributed by atoms with E-state index in [1.807, 2.05) is 13.8 Å². The summed E-state index contributed by atoms with van der Waals surface area (Å²) in [6, 6.07) is -0.391. The van der Waals surface area contributed by atoms with Crippen molar-refractivity contribution in [3.05, 3.63) is 11.8 Å². The largest absolute Gasteiger partial charge is 0.443 e. The Labute approximate surface area is 108 Å². The zero-order valence-corrected chi connectivity index (χ0v) is 11.7. The minimum absolute atomic E-state index is 0.111.